The van der Waals surface area contributed by atoms with Crippen molar-refractivity contribution >= 4 is 22.9 Å². The molecule has 0 atom stereocenters. The highest BCUT2D eigenvalue weighted by atomic mass is 32.1. The second kappa shape index (κ2) is 7.66. The van der Waals surface area contributed by atoms with Gasteiger partial charge in [0.25, 0.3) is 5.91 Å². The third-order valence-corrected chi connectivity index (χ3v) is 5.00. The first-order valence-electron chi connectivity index (χ1n) is 8.15. The summed E-state index contributed by atoms with van der Waals surface area (Å²) in [4.78, 5) is 17.5. The smallest absolute Gasteiger partial charge is 0.267 e. The van der Waals surface area contributed by atoms with Crippen molar-refractivity contribution in [2.24, 2.45) is 0 Å². The number of carbonyl (C=O) groups excluding carboxylic acids is 1. The van der Waals surface area contributed by atoms with Crippen molar-refractivity contribution in [2.75, 3.05) is 5.32 Å². The van der Waals surface area contributed by atoms with Gasteiger partial charge in [-0.1, -0.05) is 17.7 Å². The van der Waals surface area contributed by atoms with Gasteiger partial charge in [-0.15, -0.1) is 11.3 Å². The Balaban J connectivity index is 1.68. The number of carbonyl (C=O) groups is 1. The maximum atomic E-state index is 13.2. The summed E-state index contributed by atoms with van der Waals surface area (Å²) in [6.45, 7) is 5.86. The van der Waals surface area contributed by atoms with Crippen LogP contribution in [0.1, 0.15) is 31.5 Å². The molecule has 4 nitrogen and oxygen atoms in total. The van der Waals surface area contributed by atoms with Gasteiger partial charge < -0.3 is 10.1 Å². The molecule has 134 valence electrons. The van der Waals surface area contributed by atoms with Gasteiger partial charge in [-0.25, -0.2) is 9.37 Å². The summed E-state index contributed by atoms with van der Waals surface area (Å²) >= 11 is 1.30. The molecule has 0 aliphatic rings. The van der Waals surface area contributed by atoms with Crippen molar-refractivity contribution in [3.63, 3.8) is 0 Å². The van der Waals surface area contributed by atoms with E-state index < -0.39 is 0 Å². The summed E-state index contributed by atoms with van der Waals surface area (Å²) in [5.74, 6) is 0.178. The summed E-state index contributed by atoms with van der Waals surface area (Å²) in [6.07, 6.45) is 0. The van der Waals surface area contributed by atoms with Crippen molar-refractivity contribution in [3.8, 4) is 5.75 Å². The normalized spacial score (nSPS) is 10.6. The molecule has 0 fully saturated rings. The highest BCUT2D eigenvalue weighted by Crippen LogP contribution is 2.23. The van der Waals surface area contributed by atoms with Crippen LogP contribution in [-0.2, 0) is 6.61 Å². The van der Waals surface area contributed by atoms with E-state index in [1.807, 2.05) is 31.2 Å². The van der Waals surface area contributed by atoms with Gasteiger partial charge in [-0.2, -0.15) is 0 Å². The van der Waals surface area contributed by atoms with Gasteiger partial charge in [-0.05, 0) is 56.7 Å². The highest BCUT2D eigenvalue weighted by Gasteiger charge is 2.16. The zero-order chi connectivity index (χ0) is 18.7. The van der Waals surface area contributed by atoms with Gasteiger partial charge in [0, 0.05) is 5.69 Å². The number of amides is 1. The number of aromatic nitrogens is 1. The van der Waals surface area contributed by atoms with Crippen molar-refractivity contribution in [1.29, 1.82) is 0 Å². The third-order valence-electron chi connectivity index (χ3n) is 3.87. The number of hydrogen-bond acceptors (Lipinski definition) is 4. The Labute approximate surface area is 155 Å². The molecule has 2 aromatic carbocycles. The first-order valence-corrected chi connectivity index (χ1v) is 8.97. The number of benzene rings is 2. The Morgan fingerprint density at radius 3 is 2.58 bits per heavy atom. The standard InChI is InChI=1S/C20H19FN2O2S/c1-12-4-7-16(8-5-12)25-11-18-22-14(3)19(26-18)20(24)23-17-9-6-15(21)10-13(17)2/h4-10H,11H2,1-3H3,(H,23,24). The van der Waals surface area contributed by atoms with Gasteiger partial charge in [0.2, 0.25) is 0 Å². The summed E-state index contributed by atoms with van der Waals surface area (Å²) in [5, 5.41) is 3.54. The van der Waals surface area contributed by atoms with Crippen molar-refractivity contribution in [2.45, 2.75) is 27.4 Å². The molecule has 0 saturated carbocycles. The SMILES string of the molecule is Cc1ccc(OCc2nc(C)c(C(=O)Nc3ccc(F)cc3C)s2)cc1. The van der Waals surface area contributed by atoms with Crippen LogP contribution in [0.2, 0.25) is 0 Å². The minimum absolute atomic E-state index is 0.253. The fourth-order valence-electron chi connectivity index (χ4n) is 2.45. The van der Waals surface area contributed by atoms with E-state index in [2.05, 4.69) is 10.3 Å². The average Bonchev–Trinajstić information content (AvgIpc) is 2.98. The van der Waals surface area contributed by atoms with E-state index in [-0.39, 0.29) is 11.7 Å². The molecule has 0 radical (unpaired) electrons. The number of ether oxygens (including phenoxy) is 1. The summed E-state index contributed by atoms with van der Waals surface area (Å²) in [6, 6.07) is 12.0. The molecule has 0 unspecified atom stereocenters. The van der Waals surface area contributed by atoms with Crippen LogP contribution >= 0.6 is 11.3 Å². The molecule has 1 N–H and O–H groups in total. The minimum Gasteiger partial charge on any atom is -0.486 e. The quantitative estimate of drug-likeness (QED) is 0.685. The maximum Gasteiger partial charge on any atom is 0.267 e. The van der Waals surface area contributed by atoms with Crippen LogP contribution in [0.25, 0.3) is 0 Å². The molecule has 1 amide bonds. The van der Waals surface area contributed by atoms with E-state index in [0.29, 0.717) is 28.4 Å². The number of aryl methyl sites for hydroxylation is 3. The van der Waals surface area contributed by atoms with Crippen LogP contribution in [0, 0.1) is 26.6 Å². The molecule has 3 aromatic rings. The highest BCUT2D eigenvalue weighted by molar-refractivity contribution is 7.13. The molecule has 1 aromatic heterocycles. The molecule has 6 heteroatoms. The molecule has 26 heavy (non-hydrogen) atoms. The topological polar surface area (TPSA) is 51.2 Å². The zero-order valence-electron chi connectivity index (χ0n) is 14.8. The van der Waals surface area contributed by atoms with Crippen LogP contribution in [0.4, 0.5) is 10.1 Å². The minimum atomic E-state index is -0.329. The van der Waals surface area contributed by atoms with Crippen LogP contribution in [0.5, 0.6) is 5.75 Å². The van der Waals surface area contributed by atoms with E-state index in [1.165, 1.54) is 23.5 Å². The molecule has 3 rings (SSSR count). The van der Waals surface area contributed by atoms with E-state index in [0.717, 1.165) is 16.3 Å². The predicted octanol–water partition coefficient (Wildman–Crippen LogP) is 5.04. The van der Waals surface area contributed by atoms with Crippen LogP contribution in [-0.4, -0.2) is 10.9 Å². The fourth-order valence-corrected chi connectivity index (χ4v) is 3.32. The lowest BCUT2D eigenvalue weighted by atomic mass is 10.2. The molecule has 0 aliphatic carbocycles. The fraction of sp³-hybridized carbons (Fsp3) is 0.200. The molecule has 0 aliphatic heterocycles. The van der Waals surface area contributed by atoms with Gasteiger partial charge in [0.1, 0.15) is 28.1 Å². The first-order chi connectivity index (χ1) is 12.4. The number of rotatable bonds is 5. The number of nitrogens with one attached hydrogen (secondary N) is 1. The Morgan fingerprint density at radius 2 is 1.88 bits per heavy atom. The molecule has 0 saturated heterocycles. The number of halogens is 1. The summed E-state index contributed by atoms with van der Waals surface area (Å²) in [7, 11) is 0. The van der Waals surface area contributed by atoms with Crippen LogP contribution < -0.4 is 10.1 Å². The second-order valence-electron chi connectivity index (χ2n) is 6.04. The van der Waals surface area contributed by atoms with Gasteiger partial charge in [0.05, 0.1) is 5.69 Å². The Bertz CT molecular complexity index is 935. The van der Waals surface area contributed by atoms with Crippen LogP contribution in [0.3, 0.4) is 0 Å². The maximum absolute atomic E-state index is 13.2. The van der Waals surface area contributed by atoms with Crippen molar-refractivity contribution in [1.82, 2.24) is 4.98 Å². The summed E-state index contributed by atoms with van der Waals surface area (Å²) in [5.41, 5.74) is 3.07. The number of anilines is 1. The van der Waals surface area contributed by atoms with Crippen molar-refractivity contribution in [3.05, 3.63) is 75.0 Å². The van der Waals surface area contributed by atoms with E-state index in [1.54, 1.807) is 19.9 Å². The Kier molecular flexibility index (Phi) is 5.32. The Morgan fingerprint density at radius 1 is 1.15 bits per heavy atom. The second-order valence-corrected chi connectivity index (χ2v) is 7.12. The Hall–Kier alpha value is -2.73. The molecular formula is C20H19FN2O2S. The lowest BCUT2D eigenvalue weighted by Crippen LogP contribution is -2.12. The van der Waals surface area contributed by atoms with Crippen LogP contribution in [0.15, 0.2) is 42.5 Å². The third kappa shape index (κ3) is 4.26. The number of hydrogen-bond donors (Lipinski definition) is 1. The summed E-state index contributed by atoms with van der Waals surface area (Å²) < 4.78 is 18.9. The van der Waals surface area contributed by atoms with Crippen molar-refractivity contribution < 1.29 is 13.9 Å². The average molecular weight is 370 g/mol. The van der Waals surface area contributed by atoms with E-state index >= 15 is 0 Å². The molecular weight excluding hydrogens is 351 g/mol. The molecule has 0 bridgehead atoms. The zero-order valence-corrected chi connectivity index (χ0v) is 15.6. The monoisotopic (exact) mass is 370 g/mol. The van der Waals surface area contributed by atoms with Gasteiger partial charge >= 0.3 is 0 Å². The number of thiazole rings is 1. The lowest BCUT2D eigenvalue weighted by molar-refractivity contribution is 0.102. The van der Waals surface area contributed by atoms with E-state index in [4.69, 9.17) is 4.74 Å². The van der Waals surface area contributed by atoms with Gasteiger partial charge in [-0.3, -0.25) is 4.79 Å². The number of nitrogens with zero attached hydrogens (tertiary/aromatic N) is 1. The predicted molar refractivity (Wildman–Crippen MR) is 101 cm³/mol. The van der Waals surface area contributed by atoms with Gasteiger partial charge in [0.15, 0.2) is 0 Å². The largest absolute Gasteiger partial charge is 0.486 e. The lowest BCUT2D eigenvalue weighted by Gasteiger charge is -2.07. The first kappa shape index (κ1) is 18.1. The van der Waals surface area contributed by atoms with E-state index in [9.17, 15) is 9.18 Å². The molecule has 1 heterocycles. The molecule has 0 spiro atoms.